The normalized spacial score (nSPS) is 21.5. The zero-order valence-electron chi connectivity index (χ0n) is 16.2. The number of likely N-dealkylation sites (tertiary alicyclic amines) is 1. The van der Waals surface area contributed by atoms with Crippen molar-refractivity contribution in [1.29, 1.82) is 0 Å². The van der Waals surface area contributed by atoms with Gasteiger partial charge in [-0.15, -0.1) is 0 Å². The minimum absolute atomic E-state index is 0. The van der Waals surface area contributed by atoms with E-state index < -0.39 is 0 Å². The lowest BCUT2D eigenvalue weighted by Gasteiger charge is -2.17. The van der Waals surface area contributed by atoms with Gasteiger partial charge < -0.3 is 31.9 Å². The minimum atomic E-state index is -0.156. The van der Waals surface area contributed by atoms with Crippen molar-refractivity contribution in [3.05, 3.63) is 59.7 Å². The van der Waals surface area contributed by atoms with Crippen LogP contribution in [-0.4, -0.2) is 44.6 Å². The molecular weight excluding hydrogens is 362 g/mol. The SMILES string of the molecule is COc1ccc(CCc2ccccc2OCC[C@@H]2C[C@@H](O)C[NH+]2C)cc1.[Cl-]. The molecule has 5 heteroatoms. The fraction of sp³-hybridized carbons (Fsp3) is 0.455. The van der Waals surface area contributed by atoms with Crippen LogP contribution in [0.5, 0.6) is 11.5 Å². The van der Waals surface area contributed by atoms with Crippen molar-refractivity contribution in [1.82, 2.24) is 0 Å². The van der Waals surface area contributed by atoms with Gasteiger partial charge in [-0.05, 0) is 42.2 Å². The number of aliphatic hydroxyl groups excluding tert-OH is 1. The zero-order chi connectivity index (χ0) is 18.4. The lowest BCUT2D eigenvalue weighted by Crippen LogP contribution is -3.11. The van der Waals surface area contributed by atoms with Gasteiger partial charge in [-0.3, -0.25) is 0 Å². The molecule has 2 aromatic rings. The largest absolute Gasteiger partial charge is 1.00 e. The van der Waals surface area contributed by atoms with Crippen LogP contribution in [0.1, 0.15) is 24.0 Å². The molecule has 1 fully saturated rings. The van der Waals surface area contributed by atoms with E-state index in [4.69, 9.17) is 9.47 Å². The van der Waals surface area contributed by atoms with Crippen molar-refractivity contribution in [3.8, 4) is 11.5 Å². The van der Waals surface area contributed by atoms with Crippen LogP contribution in [0.2, 0.25) is 0 Å². The number of nitrogens with one attached hydrogen (secondary N) is 1. The standard InChI is InChI=1S/C22H29NO3.ClH/c1-23-16-20(24)15-19(23)13-14-26-22-6-4-3-5-18(22)10-7-17-8-11-21(25-2)12-9-17;/h3-6,8-9,11-12,19-20,24H,7,10,13-16H2,1-2H3;1H/t19-,20-;/m1./s1. The summed E-state index contributed by atoms with van der Waals surface area (Å²) in [5.41, 5.74) is 2.54. The second-order valence-corrected chi connectivity index (χ2v) is 7.23. The van der Waals surface area contributed by atoms with Crippen LogP contribution in [0.15, 0.2) is 48.5 Å². The van der Waals surface area contributed by atoms with E-state index in [1.54, 1.807) is 7.11 Å². The molecule has 0 amide bonds. The third-order valence-electron chi connectivity index (χ3n) is 5.35. The third-order valence-corrected chi connectivity index (χ3v) is 5.35. The Morgan fingerprint density at radius 2 is 1.81 bits per heavy atom. The van der Waals surface area contributed by atoms with E-state index in [9.17, 15) is 5.11 Å². The fourth-order valence-electron chi connectivity index (χ4n) is 3.75. The summed E-state index contributed by atoms with van der Waals surface area (Å²) in [6.45, 7) is 1.55. The van der Waals surface area contributed by atoms with Crippen LogP contribution in [0, 0.1) is 0 Å². The summed E-state index contributed by atoms with van der Waals surface area (Å²) < 4.78 is 11.3. The monoisotopic (exact) mass is 391 g/mol. The van der Waals surface area contributed by atoms with Crippen molar-refractivity contribution >= 4 is 0 Å². The third kappa shape index (κ3) is 6.13. The predicted molar refractivity (Wildman–Crippen MR) is 103 cm³/mol. The van der Waals surface area contributed by atoms with Gasteiger partial charge in [-0.2, -0.15) is 0 Å². The number of quaternary nitrogens is 1. The van der Waals surface area contributed by atoms with E-state index in [-0.39, 0.29) is 18.5 Å². The Balaban J connectivity index is 0.00000261. The molecule has 0 aromatic heterocycles. The number of rotatable bonds is 8. The average molecular weight is 392 g/mol. The number of methoxy groups -OCH3 is 1. The Morgan fingerprint density at radius 1 is 1.07 bits per heavy atom. The molecule has 0 bridgehead atoms. The molecule has 3 rings (SSSR count). The van der Waals surface area contributed by atoms with E-state index in [1.807, 2.05) is 18.2 Å². The highest BCUT2D eigenvalue weighted by Crippen LogP contribution is 2.21. The van der Waals surface area contributed by atoms with Gasteiger partial charge in [0.2, 0.25) is 0 Å². The maximum atomic E-state index is 9.77. The topological polar surface area (TPSA) is 43.1 Å². The number of aliphatic hydroxyl groups is 1. The number of benzene rings is 2. The van der Waals surface area contributed by atoms with Gasteiger partial charge in [0.1, 0.15) is 24.1 Å². The first-order valence-electron chi connectivity index (χ1n) is 9.49. The molecule has 148 valence electrons. The number of para-hydroxylation sites is 1. The fourth-order valence-corrected chi connectivity index (χ4v) is 3.75. The summed E-state index contributed by atoms with van der Waals surface area (Å²) in [4.78, 5) is 1.41. The number of ether oxygens (including phenoxy) is 2. The first-order chi connectivity index (χ1) is 12.7. The molecule has 3 atom stereocenters. The molecule has 0 saturated carbocycles. The van der Waals surface area contributed by atoms with E-state index in [2.05, 4.69) is 37.4 Å². The van der Waals surface area contributed by atoms with Crippen molar-refractivity contribution in [3.63, 3.8) is 0 Å². The van der Waals surface area contributed by atoms with Gasteiger partial charge in [-0.1, -0.05) is 30.3 Å². The Kier molecular flexibility index (Phi) is 8.42. The van der Waals surface area contributed by atoms with Crippen LogP contribution in [0.4, 0.5) is 0 Å². The number of aryl methyl sites for hydroxylation is 2. The number of likely N-dealkylation sites (N-methyl/N-ethyl adjacent to an activating group) is 1. The number of halogens is 1. The van der Waals surface area contributed by atoms with Crippen LogP contribution in [0.25, 0.3) is 0 Å². The quantitative estimate of drug-likeness (QED) is 0.600. The Bertz CT molecular complexity index is 692. The summed E-state index contributed by atoms with van der Waals surface area (Å²) in [5, 5.41) is 9.77. The Hall–Kier alpha value is -1.75. The molecule has 2 aromatic carbocycles. The van der Waals surface area contributed by atoms with Gasteiger partial charge in [0.15, 0.2) is 0 Å². The molecule has 4 nitrogen and oxygen atoms in total. The van der Waals surface area contributed by atoms with Crippen molar-refractivity contribution in [2.45, 2.75) is 37.8 Å². The molecule has 1 saturated heterocycles. The van der Waals surface area contributed by atoms with E-state index in [0.717, 1.165) is 43.7 Å². The molecule has 1 heterocycles. The smallest absolute Gasteiger partial charge is 0.122 e. The lowest BCUT2D eigenvalue weighted by molar-refractivity contribution is -0.893. The maximum Gasteiger partial charge on any atom is 0.122 e. The number of hydrogen-bond acceptors (Lipinski definition) is 3. The first-order valence-corrected chi connectivity index (χ1v) is 9.49. The lowest BCUT2D eigenvalue weighted by atomic mass is 10.0. The molecule has 1 unspecified atom stereocenters. The average Bonchev–Trinajstić information content (AvgIpc) is 2.98. The highest BCUT2D eigenvalue weighted by Gasteiger charge is 2.31. The second-order valence-electron chi connectivity index (χ2n) is 7.23. The summed E-state index contributed by atoms with van der Waals surface area (Å²) in [7, 11) is 3.85. The minimum Gasteiger partial charge on any atom is -1.00 e. The molecule has 1 aliphatic rings. The highest BCUT2D eigenvalue weighted by atomic mass is 35.5. The first kappa shape index (κ1) is 21.5. The predicted octanol–water partition coefficient (Wildman–Crippen LogP) is -1.10. The zero-order valence-corrected chi connectivity index (χ0v) is 16.9. The van der Waals surface area contributed by atoms with E-state index in [0.29, 0.717) is 12.6 Å². The van der Waals surface area contributed by atoms with Crippen LogP contribution >= 0.6 is 0 Å². The maximum absolute atomic E-state index is 9.77. The van der Waals surface area contributed by atoms with Gasteiger partial charge in [0.25, 0.3) is 0 Å². The molecule has 0 spiro atoms. The summed E-state index contributed by atoms with van der Waals surface area (Å²) in [5.74, 6) is 1.87. The van der Waals surface area contributed by atoms with Gasteiger partial charge in [0, 0.05) is 12.8 Å². The van der Waals surface area contributed by atoms with E-state index in [1.165, 1.54) is 16.0 Å². The molecule has 0 aliphatic carbocycles. The molecule has 27 heavy (non-hydrogen) atoms. The van der Waals surface area contributed by atoms with Crippen LogP contribution in [-0.2, 0) is 12.8 Å². The second kappa shape index (κ2) is 10.5. The summed E-state index contributed by atoms with van der Waals surface area (Å²) in [6.07, 6.45) is 3.64. The molecule has 1 aliphatic heterocycles. The van der Waals surface area contributed by atoms with Crippen LogP contribution in [0.3, 0.4) is 0 Å². The van der Waals surface area contributed by atoms with Gasteiger partial charge in [0.05, 0.1) is 26.8 Å². The molecule has 2 N–H and O–H groups in total. The van der Waals surface area contributed by atoms with Gasteiger partial charge >= 0.3 is 0 Å². The highest BCUT2D eigenvalue weighted by molar-refractivity contribution is 5.35. The molecule has 0 radical (unpaired) electrons. The molecular formula is C22H30ClNO3. The van der Waals surface area contributed by atoms with E-state index >= 15 is 0 Å². The van der Waals surface area contributed by atoms with Crippen LogP contribution < -0.4 is 26.8 Å². The summed E-state index contributed by atoms with van der Waals surface area (Å²) in [6, 6.07) is 17.1. The van der Waals surface area contributed by atoms with Crippen molar-refractivity contribution in [2.75, 3.05) is 27.3 Å². The summed E-state index contributed by atoms with van der Waals surface area (Å²) >= 11 is 0. The van der Waals surface area contributed by atoms with Gasteiger partial charge in [-0.25, -0.2) is 0 Å². The van der Waals surface area contributed by atoms with Crippen molar-refractivity contribution < 1.29 is 31.9 Å². The van der Waals surface area contributed by atoms with Crippen molar-refractivity contribution in [2.24, 2.45) is 0 Å². The Labute approximate surface area is 168 Å². The number of hydrogen-bond donors (Lipinski definition) is 2. The Morgan fingerprint density at radius 3 is 2.48 bits per heavy atom.